The lowest BCUT2D eigenvalue weighted by Gasteiger charge is -2.36. The van der Waals surface area contributed by atoms with Gasteiger partial charge in [0.25, 0.3) is 5.56 Å². The van der Waals surface area contributed by atoms with E-state index in [1.54, 1.807) is 6.92 Å². The first-order valence-corrected chi connectivity index (χ1v) is 7.87. The molecule has 1 aliphatic rings. The molecule has 112 valence electrons. The van der Waals surface area contributed by atoms with E-state index < -0.39 is 26.2 Å². The van der Waals surface area contributed by atoms with E-state index in [9.17, 15) is 18.0 Å². The fraction of sp³-hybridized carbons (Fsp3) is 0.636. The number of hydrogen-bond donors (Lipinski definition) is 3. The second-order valence-corrected chi connectivity index (χ2v) is 6.83. The summed E-state index contributed by atoms with van der Waals surface area (Å²) in [7, 11) is -3.96. The summed E-state index contributed by atoms with van der Waals surface area (Å²) in [6.07, 6.45) is 3.23. The van der Waals surface area contributed by atoms with Crippen molar-refractivity contribution in [1.82, 2.24) is 14.3 Å². The van der Waals surface area contributed by atoms with Crippen molar-refractivity contribution in [2.24, 2.45) is 5.73 Å². The Hall–Kier alpha value is -1.45. The molecular weight excluding hydrogens is 284 g/mol. The maximum Gasteiger partial charge on any atom is 0.325 e. The minimum atomic E-state index is -3.96. The summed E-state index contributed by atoms with van der Waals surface area (Å²) in [4.78, 5) is 26.3. The number of nitrogens with two attached hydrogens (primary N) is 1. The highest BCUT2D eigenvalue weighted by molar-refractivity contribution is 7.89. The monoisotopic (exact) mass is 302 g/mol. The molecule has 1 saturated heterocycles. The molecular formula is C11H18N4O4S. The van der Waals surface area contributed by atoms with Gasteiger partial charge in [0.2, 0.25) is 10.0 Å². The molecule has 0 aromatic carbocycles. The molecule has 0 spiro atoms. The number of aromatic amines is 2. The second kappa shape index (κ2) is 5.51. The van der Waals surface area contributed by atoms with Crippen molar-refractivity contribution in [1.29, 1.82) is 0 Å². The van der Waals surface area contributed by atoms with Gasteiger partial charge in [-0.25, -0.2) is 13.2 Å². The average molecular weight is 302 g/mol. The normalized spacial score (nSPS) is 22.6. The van der Waals surface area contributed by atoms with E-state index in [1.165, 1.54) is 4.31 Å². The highest BCUT2D eigenvalue weighted by Gasteiger charge is 2.36. The van der Waals surface area contributed by atoms with E-state index in [1.807, 2.05) is 4.98 Å². The van der Waals surface area contributed by atoms with Gasteiger partial charge < -0.3 is 10.7 Å². The van der Waals surface area contributed by atoms with Crippen LogP contribution in [0.5, 0.6) is 0 Å². The molecule has 20 heavy (non-hydrogen) atoms. The first-order chi connectivity index (χ1) is 9.34. The zero-order chi connectivity index (χ0) is 14.9. The van der Waals surface area contributed by atoms with E-state index in [4.69, 9.17) is 5.73 Å². The summed E-state index contributed by atoms with van der Waals surface area (Å²) >= 11 is 0. The predicted octanol–water partition coefficient (Wildman–Crippen LogP) is -1.05. The predicted molar refractivity (Wildman–Crippen MR) is 72.9 cm³/mol. The van der Waals surface area contributed by atoms with E-state index in [0.717, 1.165) is 19.0 Å². The Kier molecular flexibility index (Phi) is 4.11. The van der Waals surface area contributed by atoms with Gasteiger partial charge in [0, 0.05) is 24.8 Å². The molecule has 0 saturated carbocycles. The lowest BCUT2D eigenvalue weighted by atomic mass is 10.00. The van der Waals surface area contributed by atoms with Gasteiger partial charge in [0.1, 0.15) is 0 Å². The molecule has 4 N–H and O–H groups in total. The van der Waals surface area contributed by atoms with Gasteiger partial charge >= 0.3 is 5.69 Å². The molecule has 0 amide bonds. The zero-order valence-electron chi connectivity index (χ0n) is 11.1. The van der Waals surface area contributed by atoms with Gasteiger partial charge in [-0.15, -0.1) is 0 Å². The van der Waals surface area contributed by atoms with E-state index in [0.29, 0.717) is 13.0 Å². The molecule has 2 heterocycles. The van der Waals surface area contributed by atoms with E-state index in [2.05, 4.69) is 4.98 Å². The van der Waals surface area contributed by atoms with Crippen LogP contribution >= 0.6 is 0 Å². The molecule has 1 aromatic heterocycles. The van der Waals surface area contributed by atoms with Gasteiger partial charge in [-0.3, -0.25) is 9.78 Å². The Morgan fingerprint density at radius 1 is 1.40 bits per heavy atom. The summed E-state index contributed by atoms with van der Waals surface area (Å²) in [6.45, 7) is 2.07. The van der Waals surface area contributed by atoms with E-state index >= 15 is 0 Å². The van der Waals surface area contributed by atoms with Crippen LogP contribution < -0.4 is 17.0 Å². The Balaban J connectivity index is 2.47. The lowest BCUT2D eigenvalue weighted by Crippen LogP contribution is -2.52. The Morgan fingerprint density at radius 3 is 2.70 bits per heavy atom. The van der Waals surface area contributed by atoms with Crippen LogP contribution in [-0.2, 0) is 10.0 Å². The first kappa shape index (κ1) is 14.9. The van der Waals surface area contributed by atoms with Crippen LogP contribution in [0.25, 0.3) is 0 Å². The smallest absolute Gasteiger partial charge is 0.325 e. The fourth-order valence-corrected chi connectivity index (χ4v) is 4.24. The maximum absolute atomic E-state index is 12.6. The highest BCUT2D eigenvalue weighted by atomic mass is 32.2. The van der Waals surface area contributed by atoms with Crippen LogP contribution in [0.3, 0.4) is 0 Å². The standard InChI is InChI=1S/C11H18N4O4S/c1-7(12)8-4-2-3-5-15(8)20(18,19)9-6-13-11(17)14-10(9)16/h6-8H,2-5,12H2,1H3,(H2,13,14,16,17). The highest BCUT2D eigenvalue weighted by Crippen LogP contribution is 2.24. The van der Waals surface area contributed by atoms with Crippen LogP contribution in [0.1, 0.15) is 26.2 Å². The number of rotatable bonds is 3. The van der Waals surface area contributed by atoms with Crippen molar-refractivity contribution < 1.29 is 8.42 Å². The number of H-pyrrole nitrogens is 2. The number of sulfonamides is 1. The minimum absolute atomic E-state index is 0.326. The molecule has 1 fully saturated rings. The third kappa shape index (κ3) is 2.69. The molecule has 2 rings (SSSR count). The van der Waals surface area contributed by atoms with Crippen LogP contribution in [0.4, 0.5) is 0 Å². The van der Waals surface area contributed by atoms with E-state index in [-0.39, 0.29) is 12.1 Å². The van der Waals surface area contributed by atoms with Gasteiger partial charge in [0.15, 0.2) is 4.90 Å². The molecule has 0 aliphatic carbocycles. The van der Waals surface area contributed by atoms with Crippen LogP contribution in [0, 0.1) is 0 Å². The number of hydrogen-bond acceptors (Lipinski definition) is 5. The fourth-order valence-electron chi connectivity index (χ4n) is 2.47. The maximum atomic E-state index is 12.6. The van der Waals surface area contributed by atoms with Crippen molar-refractivity contribution in [2.75, 3.05) is 6.54 Å². The molecule has 0 bridgehead atoms. The molecule has 9 heteroatoms. The SMILES string of the molecule is CC(N)C1CCCCN1S(=O)(=O)c1c[nH]c(=O)[nH]c1=O. The Morgan fingerprint density at radius 2 is 2.10 bits per heavy atom. The number of nitrogens with zero attached hydrogens (tertiary/aromatic N) is 1. The van der Waals surface area contributed by atoms with Gasteiger partial charge in [-0.05, 0) is 19.8 Å². The van der Waals surface area contributed by atoms with Crippen molar-refractivity contribution >= 4 is 10.0 Å². The second-order valence-electron chi connectivity index (χ2n) is 4.97. The Bertz CT molecular complexity index is 691. The summed E-state index contributed by atoms with van der Waals surface area (Å²) in [5, 5.41) is 0. The lowest BCUT2D eigenvalue weighted by molar-refractivity contribution is 0.227. The molecule has 2 unspecified atom stereocenters. The summed E-state index contributed by atoms with van der Waals surface area (Å²) < 4.78 is 26.4. The largest absolute Gasteiger partial charge is 0.326 e. The third-order valence-electron chi connectivity index (χ3n) is 3.48. The number of nitrogens with one attached hydrogen (secondary N) is 2. The summed E-state index contributed by atoms with van der Waals surface area (Å²) in [5.74, 6) is 0. The van der Waals surface area contributed by atoms with Crippen LogP contribution in [0.2, 0.25) is 0 Å². The summed E-state index contributed by atoms with van der Waals surface area (Å²) in [6, 6.07) is -0.660. The van der Waals surface area contributed by atoms with Crippen molar-refractivity contribution in [3.8, 4) is 0 Å². The molecule has 2 atom stereocenters. The van der Waals surface area contributed by atoms with Crippen molar-refractivity contribution in [2.45, 2.75) is 43.2 Å². The number of aromatic nitrogens is 2. The molecule has 1 aliphatic heterocycles. The topological polar surface area (TPSA) is 129 Å². The number of piperidine rings is 1. The molecule has 8 nitrogen and oxygen atoms in total. The van der Waals surface area contributed by atoms with Crippen LogP contribution in [0.15, 0.2) is 20.7 Å². The van der Waals surface area contributed by atoms with Crippen molar-refractivity contribution in [3.05, 3.63) is 27.0 Å². The van der Waals surface area contributed by atoms with Gasteiger partial charge in [0.05, 0.1) is 0 Å². The summed E-state index contributed by atoms with van der Waals surface area (Å²) in [5.41, 5.74) is 4.19. The third-order valence-corrected chi connectivity index (χ3v) is 5.41. The van der Waals surface area contributed by atoms with Crippen molar-refractivity contribution in [3.63, 3.8) is 0 Å². The van der Waals surface area contributed by atoms with Gasteiger partial charge in [-0.2, -0.15) is 4.31 Å². The molecule has 1 aromatic rings. The minimum Gasteiger partial charge on any atom is -0.326 e. The Labute approximate surface area is 116 Å². The van der Waals surface area contributed by atoms with Crippen LogP contribution in [-0.4, -0.2) is 41.3 Å². The zero-order valence-corrected chi connectivity index (χ0v) is 11.9. The first-order valence-electron chi connectivity index (χ1n) is 6.43. The quantitative estimate of drug-likeness (QED) is 0.656. The average Bonchev–Trinajstić information content (AvgIpc) is 2.38. The molecule has 0 radical (unpaired) electrons. The van der Waals surface area contributed by atoms with Gasteiger partial charge in [-0.1, -0.05) is 6.42 Å².